The summed E-state index contributed by atoms with van der Waals surface area (Å²) in [6.45, 7) is 2.01. The summed E-state index contributed by atoms with van der Waals surface area (Å²) in [5, 5.41) is 10.3. The molecule has 1 aromatic heterocycles. The molecule has 1 aromatic carbocycles. The summed E-state index contributed by atoms with van der Waals surface area (Å²) >= 11 is 0. The Morgan fingerprint density at radius 3 is 2.65 bits per heavy atom. The van der Waals surface area contributed by atoms with Crippen molar-refractivity contribution in [1.82, 2.24) is 4.90 Å². The number of aliphatic hydroxyl groups excluding tert-OH is 1. The van der Waals surface area contributed by atoms with E-state index in [0.717, 1.165) is 29.4 Å². The molecule has 1 saturated carbocycles. The Morgan fingerprint density at radius 1 is 1.19 bits per heavy atom. The fourth-order valence-electron chi connectivity index (χ4n) is 3.01. The summed E-state index contributed by atoms with van der Waals surface area (Å²) in [4.78, 5) is 2.31. The van der Waals surface area contributed by atoms with Crippen molar-refractivity contribution in [2.24, 2.45) is 0 Å². The maximum Gasteiger partial charge on any atom is 0.161 e. The molecular formula is C20H27NO5. The third-order valence-corrected chi connectivity index (χ3v) is 4.48. The molecule has 0 saturated heterocycles. The average molecular weight is 361 g/mol. The Morgan fingerprint density at radius 2 is 2.00 bits per heavy atom. The lowest BCUT2D eigenvalue weighted by atomic mass is 10.1. The quantitative estimate of drug-likeness (QED) is 0.664. The van der Waals surface area contributed by atoms with Gasteiger partial charge >= 0.3 is 0 Å². The maximum absolute atomic E-state index is 10.3. The van der Waals surface area contributed by atoms with Gasteiger partial charge in [0.05, 0.1) is 33.2 Å². The van der Waals surface area contributed by atoms with Crippen LogP contribution in [0.4, 0.5) is 0 Å². The van der Waals surface area contributed by atoms with Crippen LogP contribution in [0.3, 0.4) is 0 Å². The highest BCUT2D eigenvalue weighted by atomic mass is 16.5. The van der Waals surface area contributed by atoms with E-state index >= 15 is 0 Å². The lowest BCUT2D eigenvalue weighted by Gasteiger charge is -2.25. The van der Waals surface area contributed by atoms with Crippen LogP contribution in [-0.2, 0) is 17.9 Å². The number of hydrogen-bond donors (Lipinski definition) is 1. The first kappa shape index (κ1) is 18.8. The molecule has 26 heavy (non-hydrogen) atoms. The van der Waals surface area contributed by atoms with Crippen molar-refractivity contribution in [3.05, 3.63) is 47.9 Å². The van der Waals surface area contributed by atoms with Gasteiger partial charge in [0.15, 0.2) is 11.5 Å². The zero-order chi connectivity index (χ0) is 18.4. The number of benzene rings is 1. The van der Waals surface area contributed by atoms with Crippen molar-refractivity contribution in [3.8, 4) is 11.5 Å². The number of ether oxygens (including phenoxy) is 3. The summed E-state index contributed by atoms with van der Waals surface area (Å²) in [5.74, 6) is 2.21. The lowest BCUT2D eigenvalue weighted by Crippen LogP contribution is -2.36. The number of aliphatic hydroxyl groups is 1. The number of methoxy groups -OCH3 is 2. The highest BCUT2D eigenvalue weighted by Gasteiger charge is 2.30. The molecule has 0 aliphatic heterocycles. The Hall–Kier alpha value is -2.02. The predicted molar refractivity (Wildman–Crippen MR) is 97.3 cm³/mol. The van der Waals surface area contributed by atoms with Gasteiger partial charge in [-0.1, -0.05) is 6.07 Å². The molecule has 1 aliphatic carbocycles. The Bertz CT molecular complexity index is 669. The van der Waals surface area contributed by atoms with Gasteiger partial charge < -0.3 is 23.7 Å². The highest BCUT2D eigenvalue weighted by molar-refractivity contribution is 5.42. The molecule has 1 heterocycles. The van der Waals surface area contributed by atoms with Gasteiger partial charge in [-0.3, -0.25) is 4.90 Å². The maximum atomic E-state index is 10.3. The first-order valence-electron chi connectivity index (χ1n) is 8.92. The summed E-state index contributed by atoms with van der Waals surface area (Å²) in [6.07, 6.45) is 3.43. The minimum absolute atomic E-state index is 0.288. The van der Waals surface area contributed by atoms with E-state index in [1.165, 1.54) is 12.8 Å². The fourth-order valence-corrected chi connectivity index (χ4v) is 3.01. The number of furan rings is 1. The second kappa shape index (κ2) is 9.07. The second-order valence-electron chi connectivity index (χ2n) is 6.60. The molecule has 0 radical (unpaired) electrons. The molecule has 2 aromatic rings. The first-order chi connectivity index (χ1) is 12.7. The van der Waals surface area contributed by atoms with E-state index in [1.807, 2.05) is 30.3 Å². The van der Waals surface area contributed by atoms with Crippen molar-refractivity contribution >= 4 is 0 Å². The molecule has 0 amide bonds. The van der Waals surface area contributed by atoms with E-state index < -0.39 is 6.10 Å². The van der Waals surface area contributed by atoms with Gasteiger partial charge in [0.2, 0.25) is 0 Å². The van der Waals surface area contributed by atoms with E-state index in [9.17, 15) is 5.11 Å². The fraction of sp³-hybridized carbons (Fsp3) is 0.500. The largest absolute Gasteiger partial charge is 0.493 e. The topological polar surface area (TPSA) is 64.3 Å². The smallest absolute Gasteiger partial charge is 0.161 e. The average Bonchev–Trinajstić information content (AvgIpc) is 3.37. The van der Waals surface area contributed by atoms with Crippen molar-refractivity contribution < 1.29 is 23.7 Å². The minimum atomic E-state index is -0.536. The zero-order valence-corrected chi connectivity index (χ0v) is 15.4. The van der Waals surface area contributed by atoms with Crippen LogP contribution >= 0.6 is 0 Å². The van der Waals surface area contributed by atoms with Crippen LogP contribution in [0.1, 0.15) is 24.2 Å². The molecule has 0 bridgehead atoms. The van der Waals surface area contributed by atoms with Crippen LogP contribution in [0.2, 0.25) is 0 Å². The van der Waals surface area contributed by atoms with E-state index in [2.05, 4.69) is 4.90 Å². The SMILES string of the molecule is COc1ccc(CN(C[C@@H](O)COCc2ccco2)C2CC2)cc1OC. The molecule has 1 atom stereocenters. The van der Waals surface area contributed by atoms with E-state index in [-0.39, 0.29) is 6.61 Å². The Balaban J connectivity index is 1.52. The van der Waals surface area contributed by atoms with Gasteiger partial charge in [-0.15, -0.1) is 0 Å². The summed E-state index contributed by atoms with van der Waals surface area (Å²) in [5.41, 5.74) is 1.14. The highest BCUT2D eigenvalue weighted by Crippen LogP contribution is 2.31. The van der Waals surface area contributed by atoms with Crippen LogP contribution in [-0.4, -0.2) is 49.5 Å². The number of rotatable bonds is 11. The standard InChI is InChI=1S/C20H27NO5/c1-23-19-8-5-15(10-20(19)24-2)11-21(16-6-7-16)12-17(22)13-25-14-18-4-3-9-26-18/h3-5,8-10,16-17,22H,6-7,11-14H2,1-2H3/t17-/m1/s1. The molecular weight excluding hydrogens is 334 g/mol. The zero-order valence-electron chi connectivity index (χ0n) is 15.4. The molecule has 0 unspecified atom stereocenters. The first-order valence-corrected chi connectivity index (χ1v) is 8.92. The summed E-state index contributed by atoms with van der Waals surface area (Å²) in [6, 6.07) is 10.2. The molecule has 6 nitrogen and oxygen atoms in total. The molecule has 142 valence electrons. The number of nitrogens with zero attached hydrogens (tertiary/aromatic N) is 1. The van der Waals surface area contributed by atoms with Gasteiger partial charge in [0.25, 0.3) is 0 Å². The second-order valence-corrected chi connectivity index (χ2v) is 6.60. The summed E-state index contributed by atoms with van der Waals surface area (Å²) < 4.78 is 21.5. The Kier molecular flexibility index (Phi) is 6.55. The third kappa shape index (κ3) is 5.24. The predicted octanol–water partition coefficient (Wildman–Crippen LogP) is 2.84. The van der Waals surface area contributed by atoms with Crippen molar-refractivity contribution in [1.29, 1.82) is 0 Å². The number of hydrogen-bond acceptors (Lipinski definition) is 6. The van der Waals surface area contributed by atoms with Crippen molar-refractivity contribution in [2.75, 3.05) is 27.4 Å². The normalized spacial score (nSPS) is 15.2. The third-order valence-electron chi connectivity index (χ3n) is 4.48. The van der Waals surface area contributed by atoms with Gasteiger partial charge in [-0.2, -0.15) is 0 Å². The molecule has 1 N–H and O–H groups in total. The van der Waals surface area contributed by atoms with Crippen LogP contribution in [0.15, 0.2) is 41.0 Å². The van der Waals surface area contributed by atoms with E-state index in [1.54, 1.807) is 20.5 Å². The van der Waals surface area contributed by atoms with Crippen molar-refractivity contribution in [2.45, 2.75) is 38.1 Å². The van der Waals surface area contributed by atoms with Crippen LogP contribution in [0.5, 0.6) is 11.5 Å². The van der Waals surface area contributed by atoms with Crippen LogP contribution in [0.25, 0.3) is 0 Å². The van der Waals surface area contributed by atoms with Crippen LogP contribution < -0.4 is 9.47 Å². The van der Waals surface area contributed by atoms with Gasteiger partial charge in [-0.05, 0) is 42.7 Å². The van der Waals surface area contributed by atoms with Gasteiger partial charge in [0, 0.05) is 19.1 Å². The van der Waals surface area contributed by atoms with E-state index in [4.69, 9.17) is 18.6 Å². The summed E-state index contributed by atoms with van der Waals surface area (Å²) in [7, 11) is 3.27. The molecule has 0 spiro atoms. The van der Waals surface area contributed by atoms with Gasteiger partial charge in [-0.25, -0.2) is 0 Å². The molecule has 1 fully saturated rings. The van der Waals surface area contributed by atoms with E-state index in [0.29, 0.717) is 19.2 Å². The molecule has 6 heteroatoms. The van der Waals surface area contributed by atoms with Crippen molar-refractivity contribution in [3.63, 3.8) is 0 Å². The minimum Gasteiger partial charge on any atom is -0.493 e. The van der Waals surface area contributed by atoms with Gasteiger partial charge in [0.1, 0.15) is 12.4 Å². The Labute approximate surface area is 154 Å². The lowest BCUT2D eigenvalue weighted by molar-refractivity contribution is 0.00246. The molecule has 1 aliphatic rings. The van der Waals surface area contributed by atoms with Crippen LogP contribution in [0, 0.1) is 0 Å². The monoisotopic (exact) mass is 361 g/mol. The molecule has 3 rings (SSSR count).